The molecule has 0 bridgehead atoms. The number of hydrogen-bond acceptors (Lipinski definition) is 3. The molecule has 8 aromatic carbocycles. The van der Waals surface area contributed by atoms with Gasteiger partial charge in [-0.2, -0.15) is 0 Å². The lowest BCUT2D eigenvalue weighted by Gasteiger charge is -2.29. The van der Waals surface area contributed by atoms with E-state index in [0.717, 1.165) is 77.5 Å². The van der Waals surface area contributed by atoms with E-state index in [0.29, 0.717) is 0 Å². The number of rotatable bonds is 4. The molecule has 0 fully saturated rings. The highest BCUT2D eigenvalue weighted by Crippen LogP contribution is 2.53. The lowest BCUT2D eigenvalue weighted by molar-refractivity contribution is 0.660. The summed E-state index contributed by atoms with van der Waals surface area (Å²) in [6.45, 7) is 4.68. The molecule has 0 radical (unpaired) electrons. The molecule has 2 heterocycles. The lowest BCUT2D eigenvalue weighted by Crippen LogP contribution is -2.17. The Morgan fingerprint density at radius 3 is 1.94 bits per heavy atom. The average Bonchev–Trinajstić information content (AvgIpc) is 3.81. The lowest BCUT2D eigenvalue weighted by atomic mass is 9.82. The predicted molar refractivity (Wildman–Crippen MR) is 216 cm³/mol. The second-order valence-corrected chi connectivity index (χ2v) is 14.5. The van der Waals surface area contributed by atoms with Crippen molar-refractivity contribution in [3.05, 3.63) is 175 Å². The van der Waals surface area contributed by atoms with Crippen molar-refractivity contribution in [2.45, 2.75) is 19.3 Å². The van der Waals surface area contributed by atoms with E-state index in [9.17, 15) is 0 Å². The van der Waals surface area contributed by atoms with Crippen LogP contribution in [-0.4, -0.2) is 0 Å². The van der Waals surface area contributed by atoms with Crippen LogP contribution in [0.1, 0.15) is 25.0 Å². The van der Waals surface area contributed by atoms with Crippen molar-refractivity contribution in [1.29, 1.82) is 0 Å². The van der Waals surface area contributed by atoms with Crippen LogP contribution in [-0.2, 0) is 5.41 Å². The van der Waals surface area contributed by atoms with Crippen LogP contribution in [0, 0.1) is 0 Å². The summed E-state index contributed by atoms with van der Waals surface area (Å²) in [6, 6.07) is 58.8. The molecule has 0 atom stereocenters. The van der Waals surface area contributed by atoms with Crippen molar-refractivity contribution in [1.82, 2.24) is 0 Å². The average molecular weight is 668 g/mol. The summed E-state index contributed by atoms with van der Waals surface area (Å²) < 4.78 is 13.5. The van der Waals surface area contributed by atoms with Crippen molar-refractivity contribution in [2.24, 2.45) is 0 Å². The van der Waals surface area contributed by atoms with Crippen LogP contribution in [0.2, 0.25) is 0 Å². The molecule has 1 aliphatic rings. The summed E-state index contributed by atoms with van der Waals surface area (Å²) in [5.74, 6) is 0. The van der Waals surface area contributed by atoms with Gasteiger partial charge < -0.3 is 13.7 Å². The fraction of sp³-hybridized carbons (Fsp3) is 0.0612. The third-order valence-corrected chi connectivity index (χ3v) is 11.2. The van der Waals surface area contributed by atoms with Crippen LogP contribution in [0.3, 0.4) is 0 Å². The third-order valence-electron chi connectivity index (χ3n) is 11.2. The number of hydrogen-bond donors (Lipinski definition) is 0. The first-order valence-electron chi connectivity index (χ1n) is 17.9. The van der Waals surface area contributed by atoms with Crippen LogP contribution < -0.4 is 4.90 Å². The van der Waals surface area contributed by atoms with E-state index >= 15 is 0 Å². The quantitative estimate of drug-likeness (QED) is 0.187. The molecule has 3 nitrogen and oxygen atoms in total. The van der Waals surface area contributed by atoms with Gasteiger partial charge in [0.1, 0.15) is 16.7 Å². The highest BCUT2D eigenvalue weighted by Gasteiger charge is 2.36. The summed E-state index contributed by atoms with van der Waals surface area (Å²) in [4.78, 5) is 2.39. The normalized spacial score (nSPS) is 13.3. The van der Waals surface area contributed by atoms with E-state index in [2.05, 4.69) is 170 Å². The Hall–Kier alpha value is -6.58. The van der Waals surface area contributed by atoms with Gasteiger partial charge in [-0.05, 0) is 87.1 Å². The van der Waals surface area contributed by atoms with Crippen LogP contribution in [0.25, 0.3) is 76.9 Å². The van der Waals surface area contributed by atoms with Crippen molar-refractivity contribution < 1.29 is 8.83 Å². The molecule has 1 aliphatic carbocycles. The summed E-state index contributed by atoms with van der Waals surface area (Å²) in [5.41, 5.74) is 13.8. The Balaban J connectivity index is 1.25. The van der Waals surface area contributed by atoms with E-state index in [1.165, 1.54) is 27.6 Å². The topological polar surface area (TPSA) is 29.5 Å². The summed E-state index contributed by atoms with van der Waals surface area (Å²) >= 11 is 0. The largest absolute Gasteiger partial charge is 0.456 e. The molecule has 52 heavy (non-hydrogen) atoms. The minimum atomic E-state index is -0.163. The molecule has 0 unspecified atom stereocenters. The number of anilines is 3. The van der Waals surface area contributed by atoms with Gasteiger partial charge >= 0.3 is 0 Å². The highest BCUT2D eigenvalue weighted by molar-refractivity contribution is 6.16. The summed E-state index contributed by atoms with van der Waals surface area (Å²) in [7, 11) is 0. The molecule has 0 saturated heterocycles. The Morgan fingerprint density at radius 2 is 1.06 bits per heavy atom. The van der Waals surface area contributed by atoms with Crippen molar-refractivity contribution in [2.75, 3.05) is 4.90 Å². The van der Waals surface area contributed by atoms with Gasteiger partial charge in [-0.1, -0.05) is 123 Å². The molecule has 0 N–H and O–H groups in total. The van der Waals surface area contributed by atoms with Crippen LogP contribution in [0.5, 0.6) is 0 Å². The Labute approximate surface area is 301 Å². The fourth-order valence-corrected chi connectivity index (χ4v) is 8.68. The summed E-state index contributed by atoms with van der Waals surface area (Å²) in [6.07, 6.45) is 0. The Morgan fingerprint density at radius 1 is 0.423 bits per heavy atom. The first kappa shape index (κ1) is 29.2. The Bertz CT molecular complexity index is 3050. The molecule has 3 heteroatoms. The standard InChI is InChI=1S/C49H33NO2/c1-49(2)42-18-10-8-16-36(42)37-22-20-33(28-43(37)49)50(34-21-23-39-38-17-9-11-19-44(38)51-46(39)29-34)47-35(30-12-4-3-5-13-30)24-25-40-41-26-31-14-6-7-15-32(31)27-45(41)52-48(40)47/h3-29H,1-2H3. The zero-order valence-electron chi connectivity index (χ0n) is 28.9. The number of para-hydroxylation sites is 1. The maximum absolute atomic E-state index is 7.03. The molecule has 11 rings (SSSR count). The monoisotopic (exact) mass is 667 g/mol. The maximum atomic E-state index is 7.03. The maximum Gasteiger partial charge on any atom is 0.160 e. The van der Waals surface area contributed by atoms with E-state index in [4.69, 9.17) is 8.83 Å². The Kier molecular flexibility index (Phi) is 6.01. The van der Waals surface area contributed by atoms with Crippen molar-refractivity contribution >= 4 is 71.7 Å². The zero-order chi connectivity index (χ0) is 34.6. The van der Waals surface area contributed by atoms with Gasteiger partial charge in [0.15, 0.2) is 5.58 Å². The molecule has 0 spiro atoms. The van der Waals surface area contributed by atoms with Gasteiger partial charge in [0.25, 0.3) is 0 Å². The van der Waals surface area contributed by atoms with Gasteiger partial charge in [-0.25, -0.2) is 0 Å². The van der Waals surface area contributed by atoms with Gasteiger partial charge in [0.2, 0.25) is 0 Å². The molecular weight excluding hydrogens is 635 g/mol. The van der Waals surface area contributed by atoms with Crippen molar-refractivity contribution in [3.8, 4) is 22.3 Å². The van der Waals surface area contributed by atoms with Gasteiger partial charge in [0.05, 0.1) is 11.4 Å². The highest BCUT2D eigenvalue weighted by atomic mass is 16.3. The van der Waals surface area contributed by atoms with E-state index in [1.54, 1.807) is 0 Å². The van der Waals surface area contributed by atoms with Gasteiger partial charge in [-0.3, -0.25) is 0 Å². The van der Waals surface area contributed by atoms with Gasteiger partial charge in [0, 0.05) is 44.3 Å². The van der Waals surface area contributed by atoms with Crippen molar-refractivity contribution in [3.63, 3.8) is 0 Å². The number of nitrogens with zero attached hydrogens (tertiary/aromatic N) is 1. The van der Waals surface area contributed by atoms with E-state index < -0.39 is 0 Å². The second kappa shape index (κ2) is 10.7. The summed E-state index contributed by atoms with van der Waals surface area (Å²) in [5, 5.41) is 6.75. The number of furan rings is 2. The molecule has 246 valence electrons. The minimum absolute atomic E-state index is 0.163. The van der Waals surface area contributed by atoms with Crippen LogP contribution in [0.4, 0.5) is 17.1 Å². The molecule has 0 saturated carbocycles. The molecule has 2 aromatic heterocycles. The van der Waals surface area contributed by atoms with Crippen LogP contribution >= 0.6 is 0 Å². The fourth-order valence-electron chi connectivity index (χ4n) is 8.68. The predicted octanol–water partition coefficient (Wildman–Crippen LogP) is 14.1. The number of benzene rings is 8. The molecular formula is C49H33NO2. The molecule has 0 amide bonds. The van der Waals surface area contributed by atoms with E-state index in [1.807, 2.05) is 12.1 Å². The first-order valence-corrected chi connectivity index (χ1v) is 17.9. The minimum Gasteiger partial charge on any atom is -0.456 e. The molecule has 0 aliphatic heterocycles. The first-order chi connectivity index (χ1) is 25.5. The van der Waals surface area contributed by atoms with Gasteiger partial charge in [-0.15, -0.1) is 0 Å². The van der Waals surface area contributed by atoms with E-state index in [-0.39, 0.29) is 5.41 Å². The zero-order valence-corrected chi connectivity index (χ0v) is 28.9. The van der Waals surface area contributed by atoms with Crippen LogP contribution in [0.15, 0.2) is 173 Å². The smallest absolute Gasteiger partial charge is 0.160 e. The SMILES string of the molecule is CC1(C)c2ccccc2-c2ccc(N(c3ccc4c(c3)oc3ccccc34)c3c(-c4ccccc4)ccc4c3oc3cc5ccccc5cc34)cc21. The third kappa shape index (κ3) is 4.14. The molecule has 10 aromatic rings. The second-order valence-electron chi connectivity index (χ2n) is 14.5. The number of fused-ring (bicyclic) bond motifs is 10.